The lowest BCUT2D eigenvalue weighted by Crippen LogP contribution is -2.40. The molecular weight excluding hydrogens is 250 g/mol. The van der Waals surface area contributed by atoms with Gasteiger partial charge in [-0.1, -0.05) is 20.8 Å². The Morgan fingerprint density at radius 3 is 2.22 bits per heavy atom. The molecule has 18 heavy (non-hydrogen) atoms. The molecule has 0 aliphatic carbocycles. The summed E-state index contributed by atoms with van der Waals surface area (Å²) in [5, 5.41) is 11.6. The van der Waals surface area contributed by atoms with Crippen molar-refractivity contribution in [3.8, 4) is 0 Å². The van der Waals surface area contributed by atoms with E-state index in [4.69, 9.17) is 5.11 Å². The molecule has 0 heterocycles. The molecule has 0 fully saturated rings. The van der Waals surface area contributed by atoms with E-state index in [9.17, 15) is 9.59 Å². The third kappa shape index (κ3) is 6.28. The van der Waals surface area contributed by atoms with Gasteiger partial charge in [0.2, 0.25) is 5.91 Å². The predicted octanol–water partition coefficient (Wildman–Crippen LogP) is 2.53. The van der Waals surface area contributed by atoms with Crippen molar-refractivity contribution in [3.63, 3.8) is 0 Å². The average molecular weight is 275 g/mol. The lowest BCUT2D eigenvalue weighted by Gasteiger charge is -2.30. The minimum absolute atomic E-state index is 0.0443. The molecule has 0 aromatic carbocycles. The second kappa shape index (κ2) is 8.40. The number of carboxylic acids is 1. The van der Waals surface area contributed by atoms with E-state index in [1.165, 1.54) is 0 Å². The molecule has 106 valence electrons. The topological polar surface area (TPSA) is 66.4 Å². The summed E-state index contributed by atoms with van der Waals surface area (Å²) in [6.45, 7) is 6.69. The number of thioether (sulfide) groups is 1. The van der Waals surface area contributed by atoms with Crippen LogP contribution in [0, 0.1) is 5.92 Å². The van der Waals surface area contributed by atoms with Crippen molar-refractivity contribution >= 4 is 23.6 Å². The van der Waals surface area contributed by atoms with Crippen molar-refractivity contribution < 1.29 is 14.7 Å². The SMILES string of the molecule is CCC(CC)(CNC(=O)CC(C)CC(=O)O)SC. The number of carbonyl (C=O) groups is 2. The lowest BCUT2D eigenvalue weighted by atomic mass is 10.0. The quantitative estimate of drug-likeness (QED) is 0.678. The number of amides is 1. The van der Waals surface area contributed by atoms with Gasteiger partial charge in [-0.3, -0.25) is 9.59 Å². The van der Waals surface area contributed by atoms with Gasteiger partial charge in [0.1, 0.15) is 0 Å². The number of carboxylic acid groups (broad SMARTS) is 1. The Morgan fingerprint density at radius 2 is 1.83 bits per heavy atom. The molecule has 0 aromatic heterocycles. The molecule has 0 radical (unpaired) electrons. The Labute approximate surface area is 114 Å². The number of rotatable bonds is 9. The van der Waals surface area contributed by atoms with E-state index in [1.807, 2.05) is 0 Å². The van der Waals surface area contributed by atoms with E-state index in [0.717, 1.165) is 12.8 Å². The highest BCUT2D eigenvalue weighted by atomic mass is 32.2. The zero-order chi connectivity index (χ0) is 14.2. The summed E-state index contributed by atoms with van der Waals surface area (Å²) in [5.74, 6) is -1.02. The molecule has 0 rings (SSSR count). The first-order valence-electron chi connectivity index (χ1n) is 6.42. The molecule has 0 saturated carbocycles. The van der Waals surface area contributed by atoms with Gasteiger partial charge < -0.3 is 10.4 Å². The van der Waals surface area contributed by atoms with Gasteiger partial charge in [0.15, 0.2) is 0 Å². The Morgan fingerprint density at radius 1 is 1.28 bits per heavy atom. The fourth-order valence-electron chi connectivity index (χ4n) is 1.88. The number of nitrogens with one attached hydrogen (secondary N) is 1. The van der Waals surface area contributed by atoms with E-state index < -0.39 is 5.97 Å². The van der Waals surface area contributed by atoms with E-state index in [-0.39, 0.29) is 29.4 Å². The van der Waals surface area contributed by atoms with Crippen LogP contribution < -0.4 is 5.32 Å². The maximum Gasteiger partial charge on any atom is 0.303 e. The van der Waals surface area contributed by atoms with Crippen molar-refractivity contribution in [1.29, 1.82) is 0 Å². The molecule has 1 amide bonds. The highest BCUT2D eigenvalue weighted by Gasteiger charge is 2.25. The van der Waals surface area contributed by atoms with Gasteiger partial charge in [0.05, 0.1) is 0 Å². The predicted molar refractivity (Wildman–Crippen MR) is 75.9 cm³/mol. The highest BCUT2D eigenvalue weighted by molar-refractivity contribution is 8.00. The summed E-state index contributed by atoms with van der Waals surface area (Å²) in [7, 11) is 0. The minimum atomic E-state index is -0.851. The van der Waals surface area contributed by atoms with Crippen LogP contribution in [0.5, 0.6) is 0 Å². The standard InChI is InChI=1S/C13H25NO3S/c1-5-13(6-2,18-4)9-14-11(15)7-10(3)8-12(16)17/h10H,5-9H2,1-4H3,(H,14,15)(H,16,17). The summed E-state index contributed by atoms with van der Waals surface area (Å²) in [6.07, 6.45) is 4.41. The Balaban J connectivity index is 4.13. The van der Waals surface area contributed by atoms with Crippen LogP contribution >= 0.6 is 11.8 Å². The molecule has 0 spiro atoms. The fraction of sp³-hybridized carbons (Fsp3) is 0.846. The molecule has 4 nitrogen and oxygen atoms in total. The molecule has 0 aliphatic heterocycles. The first-order valence-corrected chi connectivity index (χ1v) is 7.65. The third-order valence-electron chi connectivity index (χ3n) is 3.39. The number of carbonyl (C=O) groups excluding carboxylic acids is 1. The van der Waals surface area contributed by atoms with Crippen molar-refractivity contribution in [2.75, 3.05) is 12.8 Å². The summed E-state index contributed by atoms with van der Waals surface area (Å²) in [6, 6.07) is 0. The molecule has 0 saturated heterocycles. The van der Waals surface area contributed by atoms with Crippen LogP contribution in [0.4, 0.5) is 0 Å². The summed E-state index contributed by atoms with van der Waals surface area (Å²) < 4.78 is 0.103. The Kier molecular flexibility index (Phi) is 8.07. The van der Waals surface area contributed by atoms with E-state index in [0.29, 0.717) is 6.54 Å². The largest absolute Gasteiger partial charge is 0.481 e. The summed E-state index contributed by atoms with van der Waals surface area (Å²) >= 11 is 1.78. The van der Waals surface area contributed by atoms with Crippen LogP contribution in [0.15, 0.2) is 0 Å². The molecule has 5 heteroatoms. The van der Waals surface area contributed by atoms with Gasteiger partial charge in [-0.2, -0.15) is 11.8 Å². The number of hydrogen-bond acceptors (Lipinski definition) is 3. The van der Waals surface area contributed by atoms with E-state index in [1.54, 1.807) is 18.7 Å². The van der Waals surface area contributed by atoms with Crippen molar-refractivity contribution in [2.24, 2.45) is 5.92 Å². The van der Waals surface area contributed by atoms with Gasteiger partial charge in [-0.05, 0) is 25.0 Å². The van der Waals surface area contributed by atoms with Crippen molar-refractivity contribution in [2.45, 2.75) is 51.2 Å². The van der Waals surface area contributed by atoms with E-state index in [2.05, 4.69) is 25.4 Å². The molecule has 0 aromatic rings. The van der Waals surface area contributed by atoms with Gasteiger partial charge in [0.25, 0.3) is 0 Å². The molecule has 0 bridgehead atoms. The Hall–Kier alpha value is -0.710. The van der Waals surface area contributed by atoms with Crippen LogP contribution in [0.3, 0.4) is 0 Å². The maximum absolute atomic E-state index is 11.7. The molecule has 1 atom stereocenters. The zero-order valence-corrected chi connectivity index (χ0v) is 12.6. The summed E-state index contributed by atoms with van der Waals surface area (Å²) in [4.78, 5) is 22.2. The van der Waals surface area contributed by atoms with Crippen molar-refractivity contribution in [3.05, 3.63) is 0 Å². The van der Waals surface area contributed by atoms with Crippen LogP contribution in [0.2, 0.25) is 0 Å². The Bertz CT molecular complexity index is 269. The van der Waals surface area contributed by atoms with Gasteiger partial charge in [-0.15, -0.1) is 0 Å². The zero-order valence-electron chi connectivity index (χ0n) is 11.8. The van der Waals surface area contributed by atoms with Crippen LogP contribution in [-0.4, -0.2) is 34.5 Å². The minimum Gasteiger partial charge on any atom is -0.481 e. The summed E-state index contributed by atoms with van der Waals surface area (Å²) in [5.41, 5.74) is 0. The third-order valence-corrected chi connectivity index (χ3v) is 4.97. The van der Waals surface area contributed by atoms with Crippen LogP contribution in [0.1, 0.15) is 46.5 Å². The molecule has 2 N–H and O–H groups in total. The van der Waals surface area contributed by atoms with Crippen molar-refractivity contribution in [1.82, 2.24) is 5.32 Å². The first kappa shape index (κ1) is 17.3. The van der Waals surface area contributed by atoms with E-state index >= 15 is 0 Å². The molecule has 1 unspecified atom stereocenters. The molecule has 0 aliphatic rings. The first-order chi connectivity index (χ1) is 8.39. The van der Waals surface area contributed by atoms with Crippen LogP contribution in [-0.2, 0) is 9.59 Å². The monoisotopic (exact) mass is 275 g/mol. The lowest BCUT2D eigenvalue weighted by molar-refractivity contribution is -0.138. The maximum atomic E-state index is 11.7. The normalized spacial score (nSPS) is 13.1. The highest BCUT2D eigenvalue weighted by Crippen LogP contribution is 2.29. The van der Waals surface area contributed by atoms with Gasteiger partial charge in [0, 0.05) is 24.1 Å². The average Bonchev–Trinajstić information content (AvgIpc) is 2.30. The number of aliphatic carboxylic acids is 1. The van der Waals surface area contributed by atoms with Gasteiger partial charge >= 0.3 is 5.97 Å². The fourth-order valence-corrected chi connectivity index (χ4v) is 2.67. The second-order valence-corrected chi connectivity index (χ2v) is 6.05. The smallest absolute Gasteiger partial charge is 0.303 e. The van der Waals surface area contributed by atoms with Gasteiger partial charge in [-0.25, -0.2) is 0 Å². The number of hydrogen-bond donors (Lipinski definition) is 2. The second-order valence-electron chi connectivity index (χ2n) is 4.78. The molecular formula is C13H25NO3S. The van der Waals surface area contributed by atoms with Crippen LogP contribution in [0.25, 0.3) is 0 Å².